The van der Waals surface area contributed by atoms with E-state index in [1.165, 1.54) is 0 Å². The predicted octanol–water partition coefficient (Wildman–Crippen LogP) is 1.25. The fourth-order valence-corrected chi connectivity index (χ4v) is 2.80. The van der Waals surface area contributed by atoms with E-state index in [0.29, 0.717) is 12.3 Å². The van der Waals surface area contributed by atoms with Crippen LogP contribution in [-0.4, -0.2) is 50.5 Å². The van der Waals surface area contributed by atoms with Crippen LogP contribution in [-0.2, 0) is 11.2 Å². The van der Waals surface area contributed by atoms with Crippen molar-refractivity contribution < 1.29 is 9.21 Å². The highest BCUT2D eigenvalue weighted by Gasteiger charge is 2.22. The number of carbonyl (C=O) groups excluding carboxylic acids is 1. The molecule has 1 fully saturated rings. The number of amides is 1. The van der Waals surface area contributed by atoms with E-state index in [9.17, 15) is 4.79 Å². The van der Waals surface area contributed by atoms with Gasteiger partial charge in [-0.3, -0.25) is 9.79 Å². The summed E-state index contributed by atoms with van der Waals surface area (Å²) in [7, 11) is 3.51. The quantitative estimate of drug-likeness (QED) is 0.634. The predicted molar refractivity (Wildman–Crippen MR) is 86.8 cm³/mol. The largest absolute Gasteiger partial charge is 0.469 e. The van der Waals surface area contributed by atoms with E-state index < -0.39 is 0 Å². The van der Waals surface area contributed by atoms with E-state index in [4.69, 9.17) is 4.42 Å². The smallest absolute Gasteiger partial charge is 0.220 e. The zero-order chi connectivity index (χ0) is 15.8. The summed E-state index contributed by atoms with van der Waals surface area (Å²) < 4.78 is 5.32. The molecule has 0 aliphatic carbocycles. The number of piperidine rings is 1. The molecule has 2 heterocycles. The van der Waals surface area contributed by atoms with Gasteiger partial charge in [-0.15, -0.1) is 0 Å². The molecule has 1 aliphatic heterocycles. The third kappa shape index (κ3) is 4.79. The average molecular weight is 306 g/mol. The Morgan fingerprint density at radius 2 is 2.23 bits per heavy atom. The van der Waals surface area contributed by atoms with Gasteiger partial charge in [-0.2, -0.15) is 0 Å². The molecule has 122 valence electrons. The number of nitrogens with zero attached hydrogens (tertiary/aromatic N) is 2. The van der Waals surface area contributed by atoms with Crippen molar-refractivity contribution in [1.82, 2.24) is 15.5 Å². The molecule has 0 unspecified atom stereocenters. The van der Waals surface area contributed by atoms with E-state index in [-0.39, 0.29) is 5.91 Å². The van der Waals surface area contributed by atoms with Gasteiger partial charge in [0, 0.05) is 46.6 Å². The normalized spacial score (nSPS) is 16.6. The van der Waals surface area contributed by atoms with Gasteiger partial charge >= 0.3 is 0 Å². The van der Waals surface area contributed by atoms with Crippen molar-refractivity contribution in [2.75, 3.05) is 33.7 Å². The third-order valence-electron chi connectivity index (χ3n) is 4.11. The lowest BCUT2D eigenvalue weighted by molar-refractivity contribution is -0.121. The second-order valence-corrected chi connectivity index (χ2v) is 5.61. The number of furan rings is 1. The van der Waals surface area contributed by atoms with Gasteiger partial charge in [-0.25, -0.2) is 0 Å². The third-order valence-corrected chi connectivity index (χ3v) is 4.11. The Hall–Kier alpha value is -1.98. The minimum absolute atomic E-state index is 0.138. The number of rotatable bonds is 5. The Balaban J connectivity index is 1.72. The highest BCUT2D eigenvalue weighted by Crippen LogP contribution is 2.20. The summed E-state index contributed by atoms with van der Waals surface area (Å²) in [6, 6.07) is 3.89. The van der Waals surface area contributed by atoms with Crippen LogP contribution < -0.4 is 10.6 Å². The molecule has 6 nitrogen and oxygen atoms in total. The zero-order valence-corrected chi connectivity index (χ0v) is 13.5. The molecular weight excluding hydrogens is 280 g/mol. The lowest BCUT2D eigenvalue weighted by atomic mass is 9.93. The van der Waals surface area contributed by atoms with Crippen LogP contribution in [0.3, 0.4) is 0 Å². The van der Waals surface area contributed by atoms with Gasteiger partial charge in [0.25, 0.3) is 0 Å². The van der Waals surface area contributed by atoms with Crippen molar-refractivity contribution >= 4 is 11.9 Å². The Labute approximate surface area is 132 Å². The van der Waals surface area contributed by atoms with Gasteiger partial charge in [0.05, 0.1) is 6.26 Å². The number of carbonyl (C=O) groups is 1. The molecule has 0 atom stereocenters. The van der Waals surface area contributed by atoms with Crippen LogP contribution in [0.5, 0.6) is 0 Å². The van der Waals surface area contributed by atoms with Gasteiger partial charge < -0.3 is 20.0 Å². The molecule has 22 heavy (non-hydrogen) atoms. The molecule has 2 rings (SSSR count). The van der Waals surface area contributed by atoms with Crippen LogP contribution >= 0.6 is 0 Å². The average Bonchev–Trinajstić information content (AvgIpc) is 3.06. The Kier molecular flexibility index (Phi) is 6.30. The first-order valence-electron chi connectivity index (χ1n) is 7.91. The summed E-state index contributed by atoms with van der Waals surface area (Å²) >= 11 is 0. The summed E-state index contributed by atoms with van der Waals surface area (Å²) in [6.07, 6.45) is 5.24. The van der Waals surface area contributed by atoms with Crippen LogP contribution in [0.4, 0.5) is 0 Å². The first kappa shape index (κ1) is 16.4. The number of hydrogen-bond acceptors (Lipinski definition) is 3. The fourth-order valence-electron chi connectivity index (χ4n) is 2.80. The van der Waals surface area contributed by atoms with Crippen molar-refractivity contribution in [3.8, 4) is 0 Å². The van der Waals surface area contributed by atoms with Gasteiger partial charge in [-0.1, -0.05) is 0 Å². The summed E-state index contributed by atoms with van der Waals surface area (Å²) in [5.41, 5.74) is 0. The monoisotopic (exact) mass is 306 g/mol. The maximum atomic E-state index is 11.4. The number of likely N-dealkylation sites (tertiary alicyclic amines) is 1. The van der Waals surface area contributed by atoms with Crippen molar-refractivity contribution in [2.24, 2.45) is 10.9 Å². The van der Waals surface area contributed by atoms with Crippen LogP contribution in [0, 0.1) is 5.92 Å². The maximum Gasteiger partial charge on any atom is 0.220 e. The van der Waals surface area contributed by atoms with E-state index in [2.05, 4.69) is 20.5 Å². The molecule has 1 aromatic heterocycles. The lowest BCUT2D eigenvalue weighted by Gasteiger charge is -2.34. The second kappa shape index (κ2) is 8.46. The molecule has 1 aliphatic rings. The molecule has 2 N–H and O–H groups in total. The minimum atomic E-state index is 0.138. The van der Waals surface area contributed by atoms with E-state index >= 15 is 0 Å². The maximum absolute atomic E-state index is 11.4. The topological polar surface area (TPSA) is 69.9 Å². The first-order chi connectivity index (χ1) is 10.7. The molecule has 0 aromatic carbocycles. The van der Waals surface area contributed by atoms with Crippen molar-refractivity contribution in [1.29, 1.82) is 0 Å². The number of hydrogen-bond donors (Lipinski definition) is 2. The first-order valence-corrected chi connectivity index (χ1v) is 7.91. The Bertz CT molecular complexity index is 476. The Morgan fingerprint density at radius 3 is 2.82 bits per heavy atom. The molecular formula is C16H26N4O2. The number of guanidine groups is 1. The lowest BCUT2D eigenvalue weighted by Crippen LogP contribution is -2.46. The van der Waals surface area contributed by atoms with Gasteiger partial charge in [0.1, 0.15) is 5.76 Å². The Morgan fingerprint density at radius 1 is 1.45 bits per heavy atom. The van der Waals surface area contributed by atoms with Crippen LogP contribution in [0.1, 0.15) is 25.0 Å². The molecule has 1 saturated heterocycles. The molecule has 1 amide bonds. The van der Waals surface area contributed by atoms with Gasteiger partial charge in [0.2, 0.25) is 5.91 Å². The highest BCUT2D eigenvalue weighted by atomic mass is 16.3. The van der Waals surface area contributed by atoms with Gasteiger partial charge in [-0.05, 0) is 30.9 Å². The molecule has 6 heteroatoms. The standard InChI is InChI=1S/C16H26N4O2/c1-17-15(21)12-13-6-9-20(10-7-13)16(18-2)19-8-5-14-4-3-11-22-14/h3-4,11,13H,5-10,12H2,1-2H3,(H,17,21)(H,18,19). The van der Waals surface area contributed by atoms with Gasteiger partial charge in [0.15, 0.2) is 5.96 Å². The minimum Gasteiger partial charge on any atom is -0.469 e. The van der Waals surface area contributed by atoms with E-state index in [1.54, 1.807) is 13.3 Å². The summed E-state index contributed by atoms with van der Waals surface area (Å²) in [6.45, 7) is 2.70. The van der Waals surface area contributed by atoms with Crippen LogP contribution in [0.25, 0.3) is 0 Å². The molecule has 0 saturated carbocycles. The molecule has 0 radical (unpaired) electrons. The van der Waals surface area contributed by atoms with Crippen LogP contribution in [0.2, 0.25) is 0 Å². The number of aliphatic imine (C=N–C) groups is 1. The van der Waals surface area contributed by atoms with Crippen molar-refractivity contribution in [3.63, 3.8) is 0 Å². The number of nitrogens with one attached hydrogen (secondary N) is 2. The van der Waals surface area contributed by atoms with Crippen molar-refractivity contribution in [2.45, 2.75) is 25.7 Å². The fraction of sp³-hybridized carbons (Fsp3) is 0.625. The van der Waals surface area contributed by atoms with Crippen LogP contribution in [0.15, 0.2) is 27.8 Å². The summed E-state index contributed by atoms with van der Waals surface area (Å²) in [5.74, 6) is 2.54. The highest BCUT2D eigenvalue weighted by molar-refractivity contribution is 5.80. The second-order valence-electron chi connectivity index (χ2n) is 5.61. The summed E-state index contributed by atoms with van der Waals surface area (Å²) in [5, 5.41) is 6.08. The zero-order valence-electron chi connectivity index (χ0n) is 13.5. The molecule has 0 bridgehead atoms. The molecule has 0 spiro atoms. The van der Waals surface area contributed by atoms with Crippen molar-refractivity contribution in [3.05, 3.63) is 24.2 Å². The molecule has 1 aromatic rings. The SMILES string of the molecule is CN=C(NCCc1ccco1)N1CCC(CC(=O)NC)CC1. The van der Waals surface area contributed by atoms with E-state index in [0.717, 1.165) is 50.6 Å². The van der Waals surface area contributed by atoms with E-state index in [1.807, 2.05) is 19.2 Å². The summed E-state index contributed by atoms with van der Waals surface area (Å²) in [4.78, 5) is 18.1.